The van der Waals surface area contributed by atoms with E-state index in [1.165, 1.54) is 16.0 Å². The SMILES string of the molecule is Cc1nc([C@H](N[C@@H]2CCSc3ccccc32)c2ccccc2)n[nH]1. The van der Waals surface area contributed by atoms with Crippen LogP contribution < -0.4 is 5.32 Å². The number of H-pyrrole nitrogens is 1. The number of hydrogen-bond acceptors (Lipinski definition) is 4. The molecule has 4 nitrogen and oxygen atoms in total. The fraction of sp³-hybridized carbons (Fsp3) is 0.263. The fourth-order valence-electron chi connectivity index (χ4n) is 3.17. The molecule has 122 valence electrons. The average Bonchev–Trinajstić information content (AvgIpc) is 3.06. The summed E-state index contributed by atoms with van der Waals surface area (Å²) in [5, 5.41) is 11.2. The van der Waals surface area contributed by atoms with Crippen LogP contribution in [0.5, 0.6) is 0 Å². The number of nitrogens with zero attached hydrogens (tertiary/aromatic N) is 2. The molecule has 0 radical (unpaired) electrons. The van der Waals surface area contributed by atoms with E-state index in [2.05, 4.69) is 69.0 Å². The number of fused-ring (bicyclic) bond motifs is 1. The van der Waals surface area contributed by atoms with Gasteiger partial charge in [0, 0.05) is 10.9 Å². The Morgan fingerprint density at radius 3 is 2.71 bits per heavy atom. The summed E-state index contributed by atoms with van der Waals surface area (Å²) in [6, 6.07) is 19.4. The predicted octanol–water partition coefficient (Wildman–Crippen LogP) is 4.03. The van der Waals surface area contributed by atoms with Gasteiger partial charge in [-0.05, 0) is 36.3 Å². The lowest BCUT2D eigenvalue weighted by Crippen LogP contribution is -2.30. The lowest BCUT2D eigenvalue weighted by Gasteiger charge is -2.29. The van der Waals surface area contributed by atoms with Gasteiger partial charge in [0.25, 0.3) is 0 Å². The van der Waals surface area contributed by atoms with E-state index in [1.54, 1.807) is 0 Å². The molecule has 2 heterocycles. The van der Waals surface area contributed by atoms with Gasteiger partial charge in [-0.2, -0.15) is 5.10 Å². The number of nitrogens with one attached hydrogen (secondary N) is 2. The quantitative estimate of drug-likeness (QED) is 0.755. The van der Waals surface area contributed by atoms with Crippen LogP contribution in [0.4, 0.5) is 0 Å². The van der Waals surface area contributed by atoms with Gasteiger partial charge in [-0.25, -0.2) is 4.98 Å². The monoisotopic (exact) mass is 336 g/mol. The highest BCUT2D eigenvalue weighted by Gasteiger charge is 2.26. The molecule has 2 N–H and O–H groups in total. The van der Waals surface area contributed by atoms with Crippen molar-refractivity contribution in [2.75, 3.05) is 5.75 Å². The van der Waals surface area contributed by atoms with E-state index < -0.39 is 0 Å². The highest BCUT2D eigenvalue weighted by Crippen LogP contribution is 2.37. The van der Waals surface area contributed by atoms with Crippen LogP contribution in [-0.2, 0) is 0 Å². The highest BCUT2D eigenvalue weighted by molar-refractivity contribution is 7.99. The molecule has 1 aromatic heterocycles. The van der Waals surface area contributed by atoms with Crippen LogP contribution in [0.25, 0.3) is 0 Å². The molecule has 1 aliphatic heterocycles. The molecule has 0 fully saturated rings. The van der Waals surface area contributed by atoms with E-state index in [4.69, 9.17) is 0 Å². The summed E-state index contributed by atoms with van der Waals surface area (Å²) < 4.78 is 0. The first-order valence-corrected chi connectivity index (χ1v) is 9.21. The van der Waals surface area contributed by atoms with Crippen molar-refractivity contribution in [1.82, 2.24) is 20.5 Å². The Balaban J connectivity index is 1.68. The molecule has 24 heavy (non-hydrogen) atoms. The molecule has 0 amide bonds. The largest absolute Gasteiger partial charge is 0.297 e. The van der Waals surface area contributed by atoms with Gasteiger partial charge in [-0.1, -0.05) is 48.5 Å². The first kappa shape index (κ1) is 15.4. The van der Waals surface area contributed by atoms with Crippen molar-refractivity contribution in [1.29, 1.82) is 0 Å². The van der Waals surface area contributed by atoms with E-state index in [0.717, 1.165) is 23.8 Å². The minimum atomic E-state index is -0.0164. The number of aromatic nitrogens is 3. The molecule has 2 atom stereocenters. The maximum Gasteiger partial charge on any atom is 0.172 e. The lowest BCUT2D eigenvalue weighted by atomic mass is 9.99. The highest BCUT2D eigenvalue weighted by atomic mass is 32.2. The maximum absolute atomic E-state index is 4.57. The Bertz CT molecular complexity index is 815. The maximum atomic E-state index is 4.57. The predicted molar refractivity (Wildman–Crippen MR) is 97.1 cm³/mol. The van der Waals surface area contributed by atoms with Crippen LogP contribution in [0.15, 0.2) is 59.5 Å². The Kier molecular flexibility index (Phi) is 4.36. The van der Waals surface area contributed by atoms with Crippen molar-refractivity contribution in [2.45, 2.75) is 30.3 Å². The third kappa shape index (κ3) is 3.09. The molecule has 0 aliphatic carbocycles. The first-order chi connectivity index (χ1) is 11.8. The van der Waals surface area contributed by atoms with Gasteiger partial charge in [-0.15, -0.1) is 11.8 Å². The minimum absolute atomic E-state index is 0.0164. The summed E-state index contributed by atoms with van der Waals surface area (Å²) in [6.45, 7) is 1.94. The van der Waals surface area contributed by atoms with E-state index in [9.17, 15) is 0 Å². The molecule has 1 aliphatic rings. The van der Waals surface area contributed by atoms with Gasteiger partial charge in [-0.3, -0.25) is 10.4 Å². The van der Waals surface area contributed by atoms with Crippen LogP contribution >= 0.6 is 11.8 Å². The van der Waals surface area contributed by atoms with Gasteiger partial charge in [0.2, 0.25) is 0 Å². The standard InChI is InChI=1S/C19H20N4S/c1-13-20-19(23-22-13)18(14-7-3-2-4-8-14)21-16-11-12-24-17-10-6-5-9-15(16)17/h2-10,16,18,21H,11-12H2,1H3,(H,20,22,23)/t16-,18-/m1/s1. The van der Waals surface area contributed by atoms with E-state index in [0.29, 0.717) is 6.04 Å². The van der Waals surface area contributed by atoms with Crippen molar-refractivity contribution in [2.24, 2.45) is 0 Å². The zero-order valence-electron chi connectivity index (χ0n) is 13.6. The normalized spacial score (nSPS) is 18.1. The zero-order chi connectivity index (χ0) is 16.4. The number of aryl methyl sites for hydroxylation is 1. The molecule has 5 heteroatoms. The molecular weight excluding hydrogens is 316 g/mol. The fourth-order valence-corrected chi connectivity index (χ4v) is 4.30. The zero-order valence-corrected chi connectivity index (χ0v) is 14.4. The smallest absolute Gasteiger partial charge is 0.172 e. The molecule has 0 saturated carbocycles. The summed E-state index contributed by atoms with van der Waals surface area (Å²) in [6.07, 6.45) is 1.11. The minimum Gasteiger partial charge on any atom is -0.297 e. The second-order valence-electron chi connectivity index (χ2n) is 6.02. The average molecular weight is 336 g/mol. The molecular formula is C19H20N4S. The van der Waals surface area contributed by atoms with Crippen molar-refractivity contribution in [3.05, 3.63) is 77.4 Å². The summed E-state index contributed by atoms with van der Waals surface area (Å²) in [7, 11) is 0. The first-order valence-electron chi connectivity index (χ1n) is 8.23. The summed E-state index contributed by atoms with van der Waals surface area (Å²) in [5.74, 6) is 2.77. The van der Waals surface area contributed by atoms with Gasteiger partial charge < -0.3 is 0 Å². The van der Waals surface area contributed by atoms with Gasteiger partial charge in [0.05, 0.1) is 6.04 Å². The lowest BCUT2D eigenvalue weighted by molar-refractivity contribution is 0.455. The van der Waals surface area contributed by atoms with Crippen LogP contribution in [0, 0.1) is 6.92 Å². The summed E-state index contributed by atoms with van der Waals surface area (Å²) >= 11 is 1.94. The molecule has 4 rings (SSSR count). The summed E-state index contributed by atoms with van der Waals surface area (Å²) in [4.78, 5) is 5.95. The van der Waals surface area contributed by atoms with Crippen LogP contribution in [-0.4, -0.2) is 20.9 Å². The third-order valence-electron chi connectivity index (χ3n) is 4.33. The molecule has 0 bridgehead atoms. The number of benzene rings is 2. The van der Waals surface area contributed by atoms with E-state index >= 15 is 0 Å². The molecule has 0 unspecified atom stereocenters. The van der Waals surface area contributed by atoms with Gasteiger partial charge in [0.1, 0.15) is 5.82 Å². The topological polar surface area (TPSA) is 53.6 Å². The third-order valence-corrected chi connectivity index (χ3v) is 5.45. The van der Waals surface area contributed by atoms with Crippen LogP contribution in [0.1, 0.15) is 41.3 Å². The second kappa shape index (κ2) is 6.79. The van der Waals surface area contributed by atoms with E-state index in [-0.39, 0.29) is 6.04 Å². The van der Waals surface area contributed by atoms with Crippen molar-refractivity contribution in [3.8, 4) is 0 Å². The van der Waals surface area contributed by atoms with Crippen molar-refractivity contribution < 1.29 is 0 Å². The number of hydrogen-bond donors (Lipinski definition) is 2. The number of thioether (sulfide) groups is 1. The van der Waals surface area contributed by atoms with Gasteiger partial charge in [0.15, 0.2) is 5.82 Å². The van der Waals surface area contributed by atoms with Crippen LogP contribution in [0.2, 0.25) is 0 Å². The Hall–Kier alpha value is -2.11. The Morgan fingerprint density at radius 1 is 1.12 bits per heavy atom. The molecule has 2 aromatic carbocycles. The Labute approximate surface area is 146 Å². The summed E-state index contributed by atoms with van der Waals surface area (Å²) in [5.41, 5.74) is 2.56. The Morgan fingerprint density at radius 2 is 1.92 bits per heavy atom. The number of aromatic amines is 1. The van der Waals surface area contributed by atoms with E-state index in [1.807, 2.05) is 24.8 Å². The van der Waals surface area contributed by atoms with Crippen molar-refractivity contribution in [3.63, 3.8) is 0 Å². The molecule has 0 spiro atoms. The van der Waals surface area contributed by atoms with Crippen molar-refractivity contribution >= 4 is 11.8 Å². The number of rotatable bonds is 4. The van der Waals surface area contributed by atoms with Gasteiger partial charge >= 0.3 is 0 Å². The second-order valence-corrected chi connectivity index (χ2v) is 7.15. The molecule has 3 aromatic rings. The van der Waals surface area contributed by atoms with Crippen LogP contribution in [0.3, 0.4) is 0 Å². The molecule has 0 saturated heterocycles.